The molecule has 1 N–H and O–H groups in total. The van der Waals surface area contributed by atoms with E-state index in [0.717, 1.165) is 22.4 Å². The van der Waals surface area contributed by atoms with Crippen molar-refractivity contribution in [3.63, 3.8) is 0 Å². The summed E-state index contributed by atoms with van der Waals surface area (Å²) in [5.41, 5.74) is 1.40. The standard InChI is InChI=1S/C15H20BrN/c1-10(11-6-8-14(16)9-7-11)17-15(12-2-3-12)13-4-5-13/h6-10,12-13,15,17H,2-5H2,1H3. The van der Waals surface area contributed by atoms with Crippen molar-refractivity contribution in [2.24, 2.45) is 11.8 Å². The van der Waals surface area contributed by atoms with Crippen molar-refractivity contribution in [2.45, 2.75) is 44.7 Å². The maximum Gasteiger partial charge on any atom is 0.0294 e. The summed E-state index contributed by atoms with van der Waals surface area (Å²) in [5.74, 6) is 1.95. The van der Waals surface area contributed by atoms with Gasteiger partial charge >= 0.3 is 0 Å². The van der Waals surface area contributed by atoms with Crippen LogP contribution in [0.4, 0.5) is 0 Å². The average Bonchev–Trinajstić information content (AvgIpc) is 3.17. The molecule has 1 aromatic carbocycles. The van der Waals surface area contributed by atoms with Crippen molar-refractivity contribution >= 4 is 15.9 Å². The van der Waals surface area contributed by atoms with Crippen LogP contribution in [0.25, 0.3) is 0 Å². The van der Waals surface area contributed by atoms with Gasteiger partial charge < -0.3 is 5.32 Å². The van der Waals surface area contributed by atoms with Gasteiger partial charge in [0.25, 0.3) is 0 Å². The predicted octanol–water partition coefficient (Wildman–Crippen LogP) is 4.29. The van der Waals surface area contributed by atoms with E-state index in [1.807, 2.05) is 0 Å². The number of nitrogens with one attached hydrogen (secondary N) is 1. The van der Waals surface area contributed by atoms with E-state index >= 15 is 0 Å². The number of halogens is 1. The van der Waals surface area contributed by atoms with E-state index in [-0.39, 0.29) is 0 Å². The second-order valence-corrected chi connectivity index (χ2v) is 6.56. The number of hydrogen-bond donors (Lipinski definition) is 1. The summed E-state index contributed by atoms with van der Waals surface area (Å²) in [7, 11) is 0. The third-order valence-corrected chi connectivity index (χ3v) is 4.60. The molecule has 3 rings (SSSR count). The Balaban J connectivity index is 1.64. The Morgan fingerprint density at radius 3 is 2.06 bits per heavy atom. The molecule has 2 fully saturated rings. The van der Waals surface area contributed by atoms with Crippen LogP contribution < -0.4 is 5.32 Å². The first-order chi connectivity index (χ1) is 8.24. The van der Waals surface area contributed by atoms with E-state index in [0.29, 0.717) is 6.04 Å². The first-order valence-electron chi connectivity index (χ1n) is 6.75. The second kappa shape index (κ2) is 4.74. The maximum absolute atomic E-state index is 3.86. The van der Waals surface area contributed by atoms with Crippen LogP contribution in [0.5, 0.6) is 0 Å². The van der Waals surface area contributed by atoms with Crippen molar-refractivity contribution in [3.05, 3.63) is 34.3 Å². The lowest BCUT2D eigenvalue weighted by molar-refractivity contribution is 0.377. The van der Waals surface area contributed by atoms with E-state index in [2.05, 4.69) is 52.4 Å². The van der Waals surface area contributed by atoms with E-state index < -0.39 is 0 Å². The molecule has 0 heterocycles. The zero-order chi connectivity index (χ0) is 11.8. The molecular weight excluding hydrogens is 274 g/mol. The van der Waals surface area contributed by atoms with Gasteiger partial charge in [-0.05, 0) is 62.1 Å². The Morgan fingerprint density at radius 1 is 1.06 bits per heavy atom. The van der Waals surface area contributed by atoms with Crippen LogP contribution in [0.15, 0.2) is 28.7 Å². The fourth-order valence-electron chi connectivity index (χ4n) is 2.70. The molecule has 92 valence electrons. The van der Waals surface area contributed by atoms with Gasteiger partial charge in [0.1, 0.15) is 0 Å². The molecule has 0 spiro atoms. The van der Waals surface area contributed by atoms with Crippen LogP contribution in [-0.4, -0.2) is 6.04 Å². The molecule has 1 aromatic rings. The first-order valence-corrected chi connectivity index (χ1v) is 7.55. The fourth-order valence-corrected chi connectivity index (χ4v) is 2.97. The van der Waals surface area contributed by atoms with Gasteiger partial charge in [-0.3, -0.25) is 0 Å². The summed E-state index contributed by atoms with van der Waals surface area (Å²) < 4.78 is 1.16. The molecule has 0 saturated heterocycles. The Bertz CT molecular complexity index is 366. The quantitative estimate of drug-likeness (QED) is 0.854. The molecule has 0 aliphatic heterocycles. The largest absolute Gasteiger partial charge is 0.307 e. The Morgan fingerprint density at radius 2 is 1.59 bits per heavy atom. The summed E-state index contributed by atoms with van der Waals surface area (Å²) in [5, 5.41) is 3.86. The second-order valence-electron chi connectivity index (χ2n) is 5.64. The zero-order valence-corrected chi connectivity index (χ0v) is 11.9. The highest BCUT2D eigenvalue weighted by atomic mass is 79.9. The van der Waals surface area contributed by atoms with Gasteiger partial charge in [-0.15, -0.1) is 0 Å². The monoisotopic (exact) mass is 293 g/mol. The average molecular weight is 294 g/mol. The van der Waals surface area contributed by atoms with Gasteiger partial charge in [0.2, 0.25) is 0 Å². The predicted molar refractivity (Wildman–Crippen MR) is 74.9 cm³/mol. The van der Waals surface area contributed by atoms with Crippen molar-refractivity contribution in [1.29, 1.82) is 0 Å². The molecule has 0 aromatic heterocycles. The van der Waals surface area contributed by atoms with E-state index in [1.165, 1.54) is 31.2 Å². The molecule has 1 nitrogen and oxygen atoms in total. The van der Waals surface area contributed by atoms with Gasteiger partial charge in [0, 0.05) is 16.6 Å². The molecule has 17 heavy (non-hydrogen) atoms. The summed E-state index contributed by atoms with van der Waals surface area (Å²) in [4.78, 5) is 0. The van der Waals surface area contributed by atoms with Crippen LogP contribution in [0.1, 0.15) is 44.2 Å². The molecule has 0 radical (unpaired) electrons. The van der Waals surface area contributed by atoms with Gasteiger partial charge in [-0.2, -0.15) is 0 Å². The number of benzene rings is 1. The van der Waals surface area contributed by atoms with Crippen molar-refractivity contribution in [1.82, 2.24) is 5.32 Å². The molecule has 0 amide bonds. The lowest BCUT2D eigenvalue weighted by Gasteiger charge is -2.23. The summed E-state index contributed by atoms with van der Waals surface area (Å²) in [6.45, 7) is 2.29. The van der Waals surface area contributed by atoms with Crippen molar-refractivity contribution in [3.8, 4) is 0 Å². The third-order valence-electron chi connectivity index (χ3n) is 4.07. The van der Waals surface area contributed by atoms with Gasteiger partial charge in [0.15, 0.2) is 0 Å². The smallest absolute Gasteiger partial charge is 0.0294 e. The third kappa shape index (κ3) is 2.92. The summed E-state index contributed by atoms with van der Waals surface area (Å²) >= 11 is 3.49. The SMILES string of the molecule is CC(NC(C1CC1)C1CC1)c1ccc(Br)cc1. The summed E-state index contributed by atoms with van der Waals surface area (Å²) in [6, 6.07) is 9.98. The zero-order valence-electron chi connectivity index (χ0n) is 10.3. The highest BCUT2D eigenvalue weighted by molar-refractivity contribution is 9.10. The lowest BCUT2D eigenvalue weighted by atomic mass is 10.0. The van der Waals surface area contributed by atoms with E-state index in [9.17, 15) is 0 Å². The summed E-state index contributed by atoms with van der Waals surface area (Å²) in [6.07, 6.45) is 5.78. The molecule has 0 bridgehead atoms. The molecule has 2 saturated carbocycles. The number of rotatable bonds is 5. The lowest BCUT2D eigenvalue weighted by Crippen LogP contribution is -2.35. The molecule has 2 heteroatoms. The highest BCUT2D eigenvalue weighted by Gasteiger charge is 2.41. The molecule has 1 atom stereocenters. The minimum atomic E-state index is 0.481. The molecule has 1 unspecified atom stereocenters. The normalized spacial score (nSPS) is 21.8. The number of hydrogen-bond acceptors (Lipinski definition) is 1. The van der Waals surface area contributed by atoms with Crippen LogP contribution in [0.3, 0.4) is 0 Å². The van der Waals surface area contributed by atoms with E-state index in [1.54, 1.807) is 0 Å². The topological polar surface area (TPSA) is 12.0 Å². The van der Waals surface area contributed by atoms with Crippen molar-refractivity contribution in [2.75, 3.05) is 0 Å². The highest BCUT2D eigenvalue weighted by Crippen LogP contribution is 2.45. The Hall–Kier alpha value is -0.340. The van der Waals surface area contributed by atoms with Gasteiger partial charge in [-0.1, -0.05) is 28.1 Å². The van der Waals surface area contributed by atoms with Crippen LogP contribution >= 0.6 is 15.9 Å². The van der Waals surface area contributed by atoms with Crippen LogP contribution in [-0.2, 0) is 0 Å². The minimum Gasteiger partial charge on any atom is -0.307 e. The molecule has 2 aliphatic carbocycles. The first kappa shape index (κ1) is 11.7. The van der Waals surface area contributed by atoms with E-state index in [4.69, 9.17) is 0 Å². The fraction of sp³-hybridized carbons (Fsp3) is 0.600. The van der Waals surface area contributed by atoms with Crippen molar-refractivity contribution < 1.29 is 0 Å². The maximum atomic E-state index is 3.86. The van der Waals surface area contributed by atoms with Gasteiger partial charge in [0.05, 0.1) is 0 Å². The van der Waals surface area contributed by atoms with Gasteiger partial charge in [-0.25, -0.2) is 0 Å². The molecule has 2 aliphatic rings. The molecular formula is C15H20BrN. The Labute approximate surface area is 112 Å². The Kier molecular flexibility index (Phi) is 3.27. The van der Waals surface area contributed by atoms with Crippen LogP contribution in [0, 0.1) is 11.8 Å². The minimum absolute atomic E-state index is 0.481. The van der Waals surface area contributed by atoms with Crippen LogP contribution in [0.2, 0.25) is 0 Å².